The Balaban J connectivity index is 1.88. The van der Waals surface area contributed by atoms with Crippen molar-refractivity contribution in [1.82, 2.24) is 9.88 Å². The summed E-state index contributed by atoms with van der Waals surface area (Å²) in [5.74, 6) is -0.114. The molecular formula is C21H29N3O2. The predicted octanol–water partition coefficient (Wildman–Crippen LogP) is 3.46. The molecule has 1 heterocycles. The minimum Gasteiger partial charge on any atom is -0.368 e. The molecule has 0 saturated heterocycles. The molecule has 0 radical (unpaired) electrons. The summed E-state index contributed by atoms with van der Waals surface area (Å²) < 4.78 is 2.20. The second-order valence-electron chi connectivity index (χ2n) is 7.81. The van der Waals surface area contributed by atoms with E-state index >= 15 is 0 Å². The van der Waals surface area contributed by atoms with Crippen LogP contribution in [0.2, 0.25) is 0 Å². The van der Waals surface area contributed by atoms with Gasteiger partial charge in [0, 0.05) is 23.6 Å². The van der Waals surface area contributed by atoms with Gasteiger partial charge in [0.25, 0.3) is 5.91 Å². The molecule has 1 unspecified atom stereocenters. The van der Waals surface area contributed by atoms with Crippen LogP contribution in [0, 0.1) is 11.8 Å². The maximum atomic E-state index is 12.9. The van der Waals surface area contributed by atoms with Gasteiger partial charge in [0.2, 0.25) is 5.91 Å². The van der Waals surface area contributed by atoms with Gasteiger partial charge < -0.3 is 15.6 Å². The van der Waals surface area contributed by atoms with Crippen LogP contribution in [0.15, 0.2) is 30.5 Å². The molecular weight excluding hydrogens is 326 g/mol. The Labute approximate surface area is 154 Å². The van der Waals surface area contributed by atoms with E-state index in [1.807, 2.05) is 38.2 Å². The molecule has 140 valence electrons. The molecule has 0 aliphatic heterocycles. The van der Waals surface area contributed by atoms with Gasteiger partial charge in [-0.2, -0.15) is 0 Å². The zero-order chi connectivity index (χ0) is 18.7. The molecule has 0 bridgehead atoms. The van der Waals surface area contributed by atoms with Crippen molar-refractivity contribution in [2.24, 2.45) is 17.6 Å². The zero-order valence-electron chi connectivity index (χ0n) is 15.7. The van der Waals surface area contributed by atoms with Gasteiger partial charge in [-0.1, -0.05) is 51.3 Å². The highest BCUT2D eigenvalue weighted by molar-refractivity contribution is 6.08. The summed E-state index contributed by atoms with van der Waals surface area (Å²) in [7, 11) is 0. The van der Waals surface area contributed by atoms with E-state index < -0.39 is 11.9 Å². The number of benzene rings is 1. The number of nitrogens with two attached hydrogens (primary N) is 1. The summed E-state index contributed by atoms with van der Waals surface area (Å²) in [4.78, 5) is 24.5. The fourth-order valence-corrected chi connectivity index (χ4v) is 4.01. The number of nitrogens with zero attached hydrogens (tertiary/aromatic N) is 1. The van der Waals surface area contributed by atoms with Crippen molar-refractivity contribution in [1.29, 1.82) is 0 Å². The van der Waals surface area contributed by atoms with Crippen LogP contribution in [0.5, 0.6) is 0 Å². The summed E-state index contributed by atoms with van der Waals surface area (Å²) >= 11 is 0. The van der Waals surface area contributed by atoms with E-state index in [0.29, 0.717) is 11.5 Å². The highest BCUT2D eigenvalue weighted by atomic mass is 16.2. The molecule has 1 aliphatic carbocycles. The number of carbonyl (C=O) groups excluding carboxylic acids is 2. The van der Waals surface area contributed by atoms with Crippen LogP contribution in [0.1, 0.15) is 56.3 Å². The number of para-hydroxylation sites is 1. The van der Waals surface area contributed by atoms with E-state index in [1.165, 1.54) is 32.1 Å². The maximum Gasteiger partial charge on any atom is 0.254 e. The van der Waals surface area contributed by atoms with E-state index in [4.69, 9.17) is 5.73 Å². The van der Waals surface area contributed by atoms with Crippen LogP contribution in [-0.2, 0) is 11.3 Å². The van der Waals surface area contributed by atoms with Gasteiger partial charge >= 0.3 is 0 Å². The van der Waals surface area contributed by atoms with Gasteiger partial charge in [-0.25, -0.2) is 0 Å². The second-order valence-corrected chi connectivity index (χ2v) is 7.81. The van der Waals surface area contributed by atoms with Crippen LogP contribution in [0.4, 0.5) is 0 Å². The van der Waals surface area contributed by atoms with Gasteiger partial charge in [-0.15, -0.1) is 0 Å². The Morgan fingerprint density at radius 1 is 1.19 bits per heavy atom. The standard InChI is InChI=1S/C21H29N3O2/c1-14(2)19(20(22)25)23-21(26)17-13-24(12-15-8-4-3-5-9-15)18-11-7-6-10-16(17)18/h6-7,10-11,13-15,19H,3-5,8-9,12H2,1-2H3,(H2,22,25)(H,23,26). The van der Waals surface area contributed by atoms with Crippen molar-refractivity contribution in [2.45, 2.75) is 58.5 Å². The number of nitrogens with one attached hydrogen (secondary N) is 1. The topological polar surface area (TPSA) is 77.1 Å². The van der Waals surface area contributed by atoms with Crippen molar-refractivity contribution in [3.05, 3.63) is 36.0 Å². The van der Waals surface area contributed by atoms with Crippen LogP contribution >= 0.6 is 0 Å². The minimum atomic E-state index is -0.664. The average Bonchev–Trinajstić information content (AvgIpc) is 2.99. The maximum absolute atomic E-state index is 12.9. The van der Waals surface area contributed by atoms with Crippen LogP contribution < -0.4 is 11.1 Å². The number of aromatic nitrogens is 1. The molecule has 2 amide bonds. The first-order valence-electron chi connectivity index (χ1n) is 9.65. The van der Waals surface area contributed by atoms with Gasteiger partial charge in [0.15, 0.2) is 0 Å². The molecule has 5 nitrogen and oxygen atoms in total. The number of hydrogen-bond acceptors (Lipinski definition) is 2. The lowest BCUT2D eigenvalue weighted by atomic mass is 9.89. The highest BCUT2D eigenvalue weighted by Crippen LogP contribution is 2.28. The third-order valence-corrected chi connectivity index (χ3v) is 5.47. The molecule has 1 fully saturated rings. The summed E-state index contributed by atoms with van der Waals surface area (Å²) in [5, 5.41) is 3.74. The monoisotopic (exact) mass is 355 g/mol. The number of rotatable bonds is 6. The lowest BCUT2D eigenvalue weighted by molar-refractivity contribution is -0.120. The van der Waals surface area contributed by atoms with E-state index in [1.54, 1.807) is 0 Å². The fourth-order valence-electron chi connectivity index (χ4n) is 4.01. The van der Waals surface area contributed by atoms with Crippen molar-refractivity contribution in [3.8, 4) is 0 Å². The Morgan fingerprint density at radius 2 is 1.88 bits per heavy atom. The summed E-state index contributed by atoms with van der Waals surface area (Å²) in [6.45, 7) is 4.70. The second kappa shape index (κ2) is 7.94. The van der Waals surface area contributed by atoms with Crippen LogP contribution in [-0.4, -0.2) is 22.4 Å². The lowest BCUT2D eigenvalue weighted by Crippen LogP contribution is -2.47. The highest BCUT2D eigenvalue weighted by Gasteiger charge is 2.24. The van der Waals surface area contributed by atoms with E-state index in [-0.39, 0.29) is 11.8 Å². The van der Waals surface area contributed by atoms with E-state index in [9.17, 15) is 9.59 Å². The number of amides is 2. The first-order valence-corrected chi connectivity index (χ1v) is 9.65. The summed E-state index contributed by atoms with van der Waals surface area (Å²) in [6.07, 6.45) is 8.38. The largest absolute Gasteiger partial charge is 0.368 e. The molecule has 1 saturated carbocycles. The average molecular weight is 355 g/mol. The van der Waals surface area contributed by atoms with Crippen molar-refractivity contribution in [2.75, 3.05) is 0 Å². The van der Waals surface area contributed by atoms with Crippen LogP contribution in [0.3, 0.4) is 0 Å². The smallest absolute Gasteiger partial charge is 0.254 e. The van der Waals surface area contributed by atoms with Crippen molar-refractivity contribution in [3.63, 3.8) is 0 Å². The molecule has 3 N–H and O–H groups in total. The Bertz CT molecular complexity index is 788. The molecule has 3 rings (SSSR count). The number of fused-ring (bicyclic) bond motifs is 1. The van der Waals surface area contributed by atoms with Crippen molar-refractivity contribution < 1.29 is 9.59 Å². The lowest BCUT2D eigenvalue weighted by Gasteiger charge is -2.22. The molecule has 1 aromatic heterocycles. The molecule has 2 aromatic rings. The van der Waals surface area contributed by atoms with Crippen LogP contribution in [0.25, 0.3) is 10.9 Å². The molecule has 0 spiro atoms. The number of hydrogen-bond donors (Lipinski definition) is 2. The van der Waals surface area contributed by atoms with E-state index in [2.05, 4.69) is 16.0 Å². The van der Waals surface area contributed by atoms with Gasteiger partial charge in [0.1, 0.15) is 6.04 Å². The third kappa shape index (κ3) is 3.92. The first kappa shape index (κ1) is 18.5. The van der Waals surface area contributed by atoms with Gasteiger partial charge in [-0.05, 0) is 30.7 Å². The molecule has 1 atom stereocenters. The first-order chi connectivity index (χ1) is 12.5. The third-order valence-electron chi connectivity index (χ3n) is 5.47. The molecule has 26 heavy (non-hydrogen) atoms. The zero-order valence-corrected chi connectivity index (χ0v) is 15.7. The fraction of sp³-hybridized carbons (Fsp3) is 0.524. The predicted molar refractivity (Wildman–Crippen MR) is 104 cm³/mol. The van der Waals surface area contributed by atoms with Crippen molar-refractivity contribution >= 4 is 22.7 Å². The number of carbonyl (C=O) groups is 2. The SMILES string of the molecule is CC(C)C(NC(=O)c1cn(CC2CCCCC2)c2ccccc12)C(N)=O. The molecule has 1 aromatic carbocycles. The summed E-state index contributed by atoms with van der Waals surface area (Å²) in [6, 6.07) is 7.31. The molecule has 1 aliphatic rings. The Hall–Kier alpha value is -2.30. The minimum absolute atomic E-state index is 0.0490. The Morgan fingerprint density at radius 3 is 2.54 bits per heavy atom. The van der Waals surface area contributed by atoms with E-state index in [0.717, 1.165) is 17.4 Å². The number of primary amides is 1. The Kier molecular flexibility index (Phi) is 5.64. The summed E-state index contributed by atoms with van der Waals surface area (Å²) in [5.41, 5.74) is 7.13. The van der Waals surface area contributed by atoms with Gasteiger partial charge in [0.05, 0.1) is 5.56 Å². The normalized spacial score (nSPS) is 16.7. The quantitative estimate of drug-likeness (QED) is 0.832. The molecule has 5 heteroatoms. The van der Waals surface area contributed by atoms with Gasteiger partial charge in [-0.3, -0.25) is 9.59 Å².